The van der Waals surface area contributed by atoms with Crippen molar-refractivity contribution in [1.29, 1.82) is 5.26 Å². The molecule has 1 aromatic carbocycles. The Balaban J connectivity index is 1.97. The minimum Gasteiger partial charge on any atom is -0.330 e. The van der Waals surface area contributed by atoms with E-state index in [-0.39, 0.29) is 18.0 Å². The van der Waals surface area contributed by atoms with E-state index in [1.54, 1.807) is 4.90 Å². The minimum atomic E-state index is -1.67. The van der Waals surface area contributed by atoms with Gasteiger partial charge in [-0.25, -0.2) is 0 Å². The van der Waals surface area contributed by atoms with Crippen LogP contribution in [-0.4, -0.2) is 26.1 Å². The van der Waals surface area contributed by atoms with Gasteiger partial charge in [-0.15, -0.1) is 11.6 Å². The molecule has 0 spiro atoms. The van der Waals surface area contributed by atoms with Crippen molar-refractivity contribution in [1.82, 2.24) is 4.90 Å². The fraction of sp³-hybridized carbons (Fsp3) is 0.529. The summed E-state index contributed by atoms with van der Waals surface area (Å²) in [7, 11) is 0. The predicted octanol–water partition coefficient (Wildman–Crippen LogP) is 4.43. The Labute approximate surface area is 151 Å². The van der Waals surface area contributed by atoms with Gasteiger partial charge in [0.05, 0.1) is 12.1 Å². The number of carbonyl (C=O) groups is 1. The summed E-state index contributed by atoms with van der Waals surface area (Å²) in [6, 6.07) is 11.8. The van der Waals surface area contributed by atoms with Crippen molar-refractivity contribution in [2.24, 2.45) is 5.92 Å². The number of halogens is 3. The van der Waals surface area contributed by atoms with Crippen molar-refractivity contribution in [3.8, 4) is 6.07 Å². The van der Waals surface area contributed by atoms with E-state index in [9.17, 15) is 10.1 Å². The number of likely N-dealkylation sites (tertiary alicyclic amines) is 1. The fourth-order valence-corrected chi connectivity index (χ4v) is 5.04. The van der Waals surface area contributed by atoms with Gasteiger partial charge in [-0.2, -0.15) is 5.26 Å². The third-order valence-electron chi connectivity index (χ3n) is 5.14. The Kier molecular flexibility index (Phi) is 4.29. The molecule has 1 heterocycles. The average Bonchev–Trinajstić information content (AvgIpc) is 2.56. The molecule has 2 bridgehead atoms. The van der Waals surface area contributed by atoms with Gasteiger partial charge in [-0.3, -0.25) is 4.79 Å². The highest BCUT2D eigenvalue weighted by atomic mass is 35.5. The Morgan fingerprint density at radius 1 is 1.30 bits per heavy atom. The highest BCUT2D eigenvalue weighted by Gasteiger charge is 2.62. The molecule has 1 saturated carbocycles. The number of nitriles is 1. The van der Waals surface area contributed by atoms with Crippen molar-refractivity contribution in [3.05, 3.63) is 35.9 Å². The third kappa shape index (κ3) is 2.61. The number of amides is 1. The summed E-state index contributed by atoms with van der Waals surface area (Å²) >= 11 is 19.3. The Hall–Kier alpha value is -0.950. The molecule has 2 fully saturated rings. The molecule has 1 aliphatic carbocycles. The van der Waals surface area contributed by atoms with Crippen molar-refractivity contribution >= 4 is 40.7 Å². The molecule has 0 aromatic heterocycles. The van der Waals surface area contributed by atoms with Gasteiger partial charge in [0.2, 0.25) is 4.33 Å². The maximum atomic E-state index is 13.0. The van der Waals surface area contributed by atoms with Crippen molar-refractivity contribution in [2.75, 3.05) is 0 Å². The van der Waals surface area contributed by atoms with Crippen LogP contribution in [0.15, 0.2) is 30.3 Å². The molecule has 4 atom stereocenters. The van der Waals surface area contributed by atoms with Crippen LogP contribution in [0.1, 0.15) is 37.8 Å². The standard InChI is InChI=1S/C17H17Cl3N2O/c1-11(12-5-3-2-4-6-12)22-13-7-8-16(18,10-21)14(9-13)17(19,20)15(22)23/h2-6,11,13-14H,7-9H2,1H3/t11-,13+,14+,16-/m0/s1. The van der Waals surface area contributed by atoms with Crippen molar-refractivity contribution in [2.45, 2.75) is 47.5 Å². The Morgan fingerprint density at radius 3 is 2.57 bits per heavy atom. The third-order valence-corrected chi connectivity index (χ3v) is 6.52. The second kappa shape index (κ2) is 5.84. The van der Waals surface area contributed by atoms with Gasteiger partial charge in [0.1, 0.15) is 4.87 Å². The summed E-state index contributed by atoms with van der Waals surface area (Å²) in [5.41, 5.74) is 1.03. The molecule has 3 rings (SSSR count). The van der Waals surface area contributed by atoms with E-state index >= 15 is 0 Å². The van der Waals surface area contributed by atoms with Gasteiger partial charge in [-0.1, -0.05) is 53.5 Å². The largest absolute Gasteiger partial charge is 0.330 e. The van der Waals surface area contributed by atoms with Gasteiger partial charge in [0, 0.05) is 12.0 Å². The van der Waals surface area contributed by atoms with Crippen LogP contribution in [0, 0.1) is 17.2 Å². The molecule has 23 heavy (non-hydrogen) atoms. The molecule has 0 radical (unpaired) electrons. The lowest BCUT2D eigenvalue weighted by Gasteiger charge is -2.54. The van der Waals surface area contributed by atoms with Gasteiger partial charge in [-0.05, 0) is 31.7 Å². The van der Waals surface area contributed by atoms with E-state index in [1.165, 1.54) is 0 Å². The predicted molar refractivity (Wildman–Crippen MR) is 91.5 cm³/mol. The van der Waals surface area contributed by atoms with E-state index in [2.05, 4.69) is 6.07 Å². The summed E-state index contributed by atoms with van der Waals surface area (Å²) in [6.07, 6.45) is 1.71. The molecule has 1 saturated heterocycles. The van der Waals surface area contributed by atoms with E-state index in [0.717, 1.165) is 5.56 Å². The molecule has 0 unspecified atom stereocenters. The Bertz CT molecular complexity index is 658. The number of hydrogen-bond acceptors (Lipinski definition) is 2. The van der Waals surface area contributed by atoms with Gasteiger partial charge in [0.25, 0.3) is 5.91 Å². The van der Waals surface area contributed by atoms with E-state index in [0.29, 0.717) is 19.3 Å². The summed E-state index contributed by atoms with van der Waals surface area (Å²) in [5.74, 6) is -0.908. The van der Waals surface area contributed by atoms with Crippen LogP contribution in [0.4, 0.5) is 0 Å². The normalized spacial score (nSPS) is 33.9. The molecule has 2 aliphatic rings. The molecule has 122 valence electrons. The monoisotopic (exact) mass is 370 g/mol. The van der Waals surface area contributed by atoms with Crippen LogP contribution in [0.5, 0.6) is 0 Å². The van der Waals surface area contributed by atoms with E-state index in [4.69, 9.17) is 34.8 Å². The smallest absolute Gasteiger partial charge is 0.260 e. The topological polar surface area (TPSA) is 44.1 Å². The number of piperidine rings is 1. The molecule has 6 heteroatoms. The highest BCUT2D eigenvalue weighted by Crippen LogP contribution is 2.55. The number of rotatable bonds is 2. The fourth-order valence-electron chi connectivity index (χ4n) is 3.82. The zero-order valence-corrected chi connectivity index (χ0v) is 14.9. The lowest BCUT2D eigenvalue weighted by Crippen LogP contribution is -2.64. The minimum absolute atomic E-state index is 0.00792. The van der Waals surface area contributed by atoms with E-state index < -0.39 is 15.1 Å². The molecule has 0 N–H and O–H groups in total. The van der Waals surface area contributed by atoms with Crippen molar-refractivity contribution in [3.63, 3.8) is 0 Å². The van der Waals surface area contributed by atoms with Crippen LogP contribution in [-0.2, 0) is 4.79 Å². The van der Waals surface area contributed by atoms with Gasteiger partial charge >= 0.3 is 0 Å². The molecule has 1 aromatic rings. The molecular weight excluding hydrogens is 355 g/mol. The number of alkyl halides is 3. The number of fused-ring (bicyclic) bond motifs is 2. The summed E-state index contributed by atoms with van der Waals surface area (Å²) in [4.78, 5) is 13.6. The van der Waals surface area contributed by atoms with Crippen LogP contribution in [0.2, 0.25) is 0 Å². The summed E-state index contributed by atoms with van der Waals surface area (Å²) in [5, 5.41) is 9.41. The number of hydrogen-bond donors (Lipinski definition) is 0. The number of benzene rings is 1. The SMILES string of the molecule is C[C@@H](c1ccccc1)N1C(=O)C(Cl)(Cl)[C@@H]2C[C@H]1CC[C@]2(Cl)C#N. The van der Waals surface area contributed by atoms with Crippen LogP contribution < -0.4 is 0 Å². The maximum absolute atomic E-state index is 13.0. The first kappa shape index (κ1) is 16.9. The van der Waals surface area contributed by atoms with E-state index in [1.807, 2.05) is 37.3 Å². The Morgan fingerprint density at radius 2 is 1.96 bits per heavy atom. The van der Waals surface area contributed by atoms with Crippen LogP contribution in [0.25, 0.3) is 0 Å². The molecular formula is C17H17Cl3N2O. The summed E-state index contributed by atoms with van der Waals surface area (Å²) in [6.45, 7) is 1.98. The van der Waals surface area contributed by atoms with Crippen LogP contribution >= 0.6 is 34.8 Å². The van der Waals surface area contributed by atoms with Crippen molar-refractivity contribution < 1.29 is 4.79 Å². The highest BCUT2D eigenvalue weighted by molar-refractivity contribution is 6.59. The summed E-state index contributed by atoms with van der Waals surface area (Å²) < 4.78 is -1.67. The zero-order chi connectivity index (χ0) is 16.8. The second-order valence-electron chi connectivity index (χ2n) is 6.38. The van der Waals surface area contributed by atoms with Gasteiger partial charge < -0.3 is 4.90 Å². The average molecular weight is 372 g/mol. The first-order valence-electron chi connectivity index (χ1n) is 7.67. The van der Waals surface area contributed by atoms with Crippen LogP contribution in [0.3, 0.4) is 0 Å². The lowest BCUT2D eigenvalue weighted by atomic mass is 9.71. The van der Waals surface area contributed by atoms with Gasteiger partial charge in [0.15, 0.2) is 0 Å². The number of nitrogens with zero attached hydrogens (tertiary/aromatic N) is 2. The quantitative estimate of drug-likeness (QED) is 0.722. The molecule has 1 aliphatic heterocycles. The first-order chi connectivity index (χ1) is 10.8. The molecule has 1 amide bonds. The molecule has 3 nitrogen and oxygen atoms in total. The maximum Gasteiger partial charge on any atom is 0.260 e. The number of carbonyl (C=O) groups excluding carboxylic acids is 1. The first-order valence-corrected chi connectivity index (χ1v) is 8.80. The lowest BCUT2D eigenvalue weighted by molar-refractivity contribution is -0.145. The zero-order valence-electron chi connectivity index (χ0n) is 12.7. The second-order valence-corrected chi connectivity index (χ2v) is 8.44.